The van der Waals surface area contributed by atoms with Crippen LogP contribution in [0.5, 0.6) is 5.75 Å². The number of nitrogens with two attached hydrogens (primary N) is 2. The highest BCUT2D eigenvalue weighted by Crippen LogP contribution is 2.36. The topological polar surface area (TPSA) is 98.7 Å². The molecule has 0 bridgehead atoms. The van der Waals surface area contributed by atoms with Crippen molar-refractivity contribution in [3.05, 3.63) is 71.1 Å². The number of nitrogens with zero attached hydrogens (tertiary/aromatic N) is 1. The van der Waals surface area contributed by atoms with Crippen LogP contribution < -0.4 is 20.6 Å². The monoisotopic (exact) mass is 513 g/mol. The second kappa shape index (κ2) is 11.1. The van der Waals surface area contributed by atoms with E-state index in [2.05, 4.69) is 0 Å². The summed E-state index contributed by atoms with van der Waals surface area (Å²) in [5, 5.41) is 1.26. The molecule has 4 N–H and O–H groups in total. The lowest BCUT2D eigenvalue weighted by molar-refractivity contribution is 0.471. The molecule has 1 atom stereocenters. The first kappa shape index (κ1) is 24.5. The van der Waals surface area contributed by atoms with E-state index in [0.717, 1.165) is 11.3 Å². The Kier molecular flexibility index (Phi) is 8.53. The lowest BCUT2D eigenvalue weighted by Crippen LogP contribution is -2.27. The smallest absolute Gasteiger partial charge is 0.316 e. The first-order valence-corrected chi connectivity index (χ1v) is 13.3. The summed E-state index contributed by atoms with van der Waals surface area (Å²) in [5.41, 5.74) is 14.7. The van der Waals surface area contributed by atoms with Gasteiger partial charge in [-0.1, -0.05) is 12.1 Å². The van der Waals surface area contributed by atoms with E-state index in [0.29, 0.717) is 41.1 Å². The van der Waals surface area contributed by atoms with E-state index in [-0.39, 0.29) is 12.2 Å². The van der Waals surface area contributed by atoms with Crippen molar-refractivity contribution < 1.29 is 12.6 Å². The maximum Gasteiger partial charge on any atom is 0.316 e. The molecule has 32 heavy (non-hydrogen) atoms. The number of benzene rings is 2. The fourth-order valence-electron chi connectivity index (χ4n) is 3.31. The third kappa shape index (κ3) is 6.22. The van der Waals surface area contributed by atoms with Gasteiger partial charge in [0.15, 0.2) is 0 Å². The zero-order valence-corrected chi connectivity index (χ0v) is 20.4. The van der Waals surface area contributed by atoms with Crippen LogP contribution in [0.2, 0.25) is 0 Å². The summed E-state index contributed by atoms with van der Waals surface area (Å²) in [6.45, 7) is 1.27. The average Bonchev–Trinajstić information content (AvgIpc) is 3.18. The Hall–Kier alpha value is -2.13. The third-order valence-electron chi connectivity index (χ3n) is 4.95. The second-order valence-electron chi connectivity index (χ2n) is 7.11. The predicted molar refractivity (Wildman–Crippen MR) is 136 cm³/mol. The van der Waals surface area contributed by atoms with E-state index in [1.54, 1.807) is 60.0 Å². The Bertz CT molecular complexity index is 1100. The number of hydrogen-bond donors (Lipinski definition) is 2. The Labute approximate surface area is 202 Å². The van der Waals surface area contributed by atoms with E-state index in [1.165, 1.54) is 11.3 Å². The van der Waals surface area contributed by atoms with Crippen LogP contribution in [-0.2, 0) is 16.5 Å². The Morgan fingerprint density at radius 3 is 2.09 bits per heavy atom. The summed E-state index contributed by atoms with van der Waals surface area (Å²) in [6.07, 6.45) is 0.209. The standard InChI is InChI=1S/C22H25Cl2N3O3S2/c23-10-12-27(13-11-24)18-5-7-19(8-6-18)30-32(28,29)21(20-9-14-31-22(20)26)15-16-1-3-17(25)4-2-16/h1-9,14,21H,10-13,15,25-26H2. The molecule has 172 valence electrons. The van der Waals surface area contributed by atoms with Crippen LogP contribution in [0.4, 0.5) is 16.4 Å². The molecule has 0 saturated carbocycles. The van der Waals surface area contributed by atoms with Crippen molar-refractivity contribution in [2.45, 2.75) is 11.7 Å². The number of anilines is 3. The van der Waals surface area contributed by atoms with Crippen LogP contribution in [-0.4, -0.2) is 33.3 Å². The SMILES string of the molecule is Nc1ccc(CC(c2ccsc2N)S(=O)(=O)Oc2ccc(N(CCCl)CCCl)cc2)cc1. The van der Waals surface area contributed by atoms with Crippen molar-refractivity contribution in [3.8, 4) is 5.75 Å². The van der Waals surface area contributed by atoms with Crippen LogP contribution in [0.25, 0.3) is 0 Å². The molecule has 0 fully saturated rings. The summed E-state index contributed by atoms with van der Waals surface area (Å²) < 4.78 is 32.1. The molecule has 3 rings (SSSR count). The van der Waals surface area contributed by atoms with E-state index in [9.17, 15) is 8.42 Å². The van der Waals surface area contributed by atoms with E-state index in [4.69, 9.17) is 38.9 Å². The predicted octanol–water partition coefficient (Wildman–Crippen LogP) is 4.89. The maximum atomic E-state index is 13.3. The minimum atomic E-state index is -4.04. The molecular weight excluding hydrogens is 489 g/mol. The molecule has 6 nitrogen and oxygen atoms in total. The van der Waals surface area contributed by atoms with Crippen molar-refractivity contribution in [1.82, 2.24) is 0 Å². The number of nitrogen functional groups attached to an aromatic ring is 2. The molecule has 10 heteroatoms. The van der Waals surface area contributed by atoms with Gasteiger partial charge in [-0.2, -0.15) is 8.42 Å². The van der Waals surface area contributed by atoms with Gasteiger partial charge >= 0.3 is 10.1 Å². The van der Waals surface area contributed by atoms with Gasteiger partial charge in [-0.15, -0.1) is 34.5 Å². The van der Waals surface area contributed by atoms with Gasteiger partial charge in [0.05, 0.1) is 5.00 Å². The Morgan fingerprint density at radius 2 is 1.56 bits per heavy atom. The summed E-state index contributed by atoms with van der Waals surface area (Å²) in [6, 6.07) is 15.6. The molecule has 0 saturated heterocycles. The second-order valence-corrected chi connectivity index (χ2v) is 10.5. The van der Waals surface area contributed by atoms with Crippen molar-refractivity contribution in [3.63, 3.8) is 0 Å². The number of halogens is 2. The summed E-state index contributed by atoms with van der Waals surface area (Å²) in [4.78, 5) is 2.02. The number of rotatable bonds is 11. The highest BCUT2D eigenvalue weighted by atomic mass is 35.5. The lowest BCUT2D eigenvalue weighted by Gasteiger charge is -2.23. The van der Waals surface area contributed by atoms with Gasteiger partial charge in [0.1, 0.15) is 11.0 Å². The largest absolute Gasteiger partial charge is 0.399 e. The average molecular weight is 515 g/mol. The molecule has 1 unspecified atom stereocenters. The van der Waals surface area contributed by atoms with Crippen molar-refractivity contribution in [2.75, 3.05) is 41.2 Å². The fraction of sp³-hybridized carbons (Fsp3) is 0.273. The van der Waals surface area contributed by atoms with Crippen LogP contribution in [0.1, 0.15) is 16.4 Å². The molecule has 1 heterocycles. The maximum absolute atomic E-state index is 13.3. The zero-order chi connectivity index (χ0) is 23.1. The molecule has 1 aromatic heterocycles. The molecule has 2 aromatic carbocycles. The van der Waals surface area contributed by atoms with Gasteiger partial charge in [0, 0.05) is 41.8 Å². The minimum Gasteiger partial charge on any atom is -0.399 e. The minimum absolute atomic E-state index is 0.209. The first-order valence-electron chi connectivity index (χ1n) is 9.91. The quantitative estimate of drug-likeness (QED) is 0.215. The van der Waals surface area contributed by atoms with Gasteiger partial charge < -0.3 is 20.6 Å². The van der Waals surface area contributed by atoms with Gasteiger partial charge in [-0.3, -0.25) is 0 Å². The lowest BCUT2D eigenvalue weighted by atomic mass is 10.1. The Balaban J connectivity index is 1.85. The molecule has 0 spiro atoms. The number of alkyl halides is 2. The highest BCUT2D eigenvalue weighted by Gasteiger charge is 2.32. The molecule has 3 aromatic rings. The van der Waals surface area contributed by atoms with Crippen molar-refractivity contribution in [1.29, 1.82) is 0 Å². The van der Waals surface area contributed by atoms with Gasteiger partial charge in [0.2, 0.25) is 0 Å². The molecule has 0 aliphatic heterocycles. The van der Waals surface area contributed by atoms with Crippen LogP contribution >= 0.6 is 34.5 Å². The summed E-state index contributed by atoms with van der Waals surface area (Å²) in [7, 11) is -4.04. The highest BCUT2D eigenvalue weighted by molar-refractivity contribution is 7.87. The number of hydrogen-bond acceptors (Lipinski definition) is 7. The Morgan fingerprint density at radius 1 is 0.938 bits per heavy atom. The number of thiophene rings is 1. The molecule has 0 radical (unpaired) electrons. The summed E-state index contributed by atoms with van der Waals surface area (Å²) >= 11 is 13.0. The fourth-order valence-corrected chi connectivity index (χ4v) is 5.91. The van der Waals surface area contributed by atoms with E-state index < -0.39 is 15.4 Å². The summed E-state index contributed by atoms with van der Waals surface area (Å²) in [5.74, 6) is 1.14. The van der Waals surface area contributed by atoms with Gasteiger partial charge in [-0.05, 0) is 59.8 Å². The van der Waals surface area contributed by atoms with Crippen LogP contribution in [0.3, 0.4) is 0 Å². The van der Waals surface area contributed by atoms with Gasteiger partial charge in [-0.25, -0.2) is 0 Å². The van der Waals surface area contributed by atoms with E-state index >= 15 is 0 Å². The van der Waals surface area contributed by atoms with Crippen LogP contribution in [0.15, 0.2) is 60.0 Å². The molecule has 0 amide bonds. The van der Waals surface area contributed by atoms with Crippen molar-refractivity contribution in [2.24, 2.45) is 0 Å². The van der Waals surface area contributed by atoms with Gasteiger partial charge in [0.25, 0.3) is 0 Å². The normalized spacial score (nSPS) is 12.4. The van der Waals surface area contributed by atoms with Crippen molar-refractivity contribution >= 4 is 61.0 Å². The first-order chi connectivity index (χ1) is 15.3. The molecular formula is C22H25Cl2N3O3S2. The van der Waals surface area contributed by atoms with E-state index in [1.807, 2.05) is 4.90 Å². The molecule has 0 aliphatic carbocycles. The van der Waals surface area contributed by atoms with Crippen LogP contribution in [0, 0.1) is 0 Å². The third-order valence-corrected chi connectivity index (χ3v) is 7.59. The molecule has 0 aliphatic rings. The zero-order valence-electron chi connectivity index (χ0n) is 17.3.